The lowest BCUT2D eigenvalue weighted by molar-refractivity contribution is -0.144. The predicted octanol–water partition coefficient (Wildman–Crippen LogP) is -8.52. The van der Waals surface area contributed by atoms with Crippen molar-refractivity contribution in [3.05, 3.63) is 0 Å². The van der Waals surface area contributed by atoms with Crippen molar-refractivity contribution in [3.63, 3.8) is 0 Å². The second-order valence-electron chi connectivity index (χ2n) is 39.4. The molecule has 0 radical (unpaired) electrons. The first-order valence-electron chi connectivity index (χ1n) is 50.8. The molecule has 19 amide bonds. The van der Waals surface area contributed by atoms with Gasteiger partial charge in [0.1, 0.15) is 109 Å². The Hall–Kier alpha value is -12.1. The first kappa shape index (κ1) is 134. The first-order chi connectivity index (χ1) is 70.6. The number of aliphatic carboxylic acids is 2. The number of hydrogen-bond donors (Lipinski definition) is 29. The summed E-state index contributed by atoms with van der Waals surface area (Å²) >= 11 is 2.66. The summed E-state index contributed by atoms with van der Waals surface area (Å²) in [6.45, 7) is 15.8. The van der Waals surface area contributed by atoms with E-state index in [0.717, 1.165) is 4.90 Å². The number of primary amides is 1. The van der Waals surface area contributed by atoms with Crippen molar-refractivity contribution < 1.29 is 131 Å². The third-order valence-electron chi connectivity index (χ3n) is 24.6. The van der Waals surface area contributed by atoms with E-state index in [0.29, 0.717) is 25.0 Å². The summed E-state index contributed by atoms with van der Waals surface area (Å²) in [5.41, 5.74) is 39.4. The van der Waals surface area contributed by atoms with Crippen molar-refractivity contribution in [2.75, 3.05) is 83.2 Å². The van der Waals surface area contributed by atoms with Crippen molar-refractivity contribution in [2.24, 2.45) is 85.6 Å². The molecule has 0 bridgehead atoms. The average molecular weight is 2170 g/mol. The molecule has 0 unspecified atom stereocenters. The zero-order chi connectivity index (χ0) is 114. The van der Waals surface area contributed by atoms with Crippen LogP contribution < -0.4 is 125 Å². The van der Waals surface area contributed by atoms with Crippen molar-refractivity contribution in [1.82, 2.24) is 94.9 Å². The zero-order valence-corrected chi connectivity index (χ0v) is 90.1. The Labute approximate surface area is 883 Å². The zero-order valence-electron chi connectivity index (χ0n) is 88.5. The smallest absolute Gasteiger partial charge is 0.328 e. The Morgan fingerprint density at radius 2 is 0.667 bits per heavy atom. The number of aliphatic hydroxyl groups excluding tert-OH is 4. The molecule has 0 aromatic rings. The van der Waals surface area contributed by atoms with Crippen LogP contribution in [0.4, 0.5) is 0 Å². The van der Waals surface area contributed by atoms with Crippen molar-refractivity contribution in [2.45, 2.75) is 333 Å². The number of rotatable bonds is 73. The number of unbranched alkanes of at least 4 members (excludes halogenated alkanes) is 1. The number of thioether (sulfide) groups is 2. The van der Waals surface area contributed by atoms with Gasteiger partial charge in [-0.05, 0) is 182 Å². The third kappa shape index (κ3) is 48.4. The fourth-order valence-electron chi connectivity index (χ4n) is 16.2. The van der Waals surface area contributed by atoms with Gasteiger partial charge in [0.15, 0.2) is 11.9 Å². The van der Waals surface area contributed by atoms with Gasteiger partial charge >= 0.3 is 11.9 Å². The molecular weight excluding hydrogens is 2000 g/mol. The number of carboxylic acids is 2. The number of nitrogens with one attached hydrogen (secondary N) is 16. The van der Waals surface area contributed by atoms with Gasteiger partial charge in [-0.25, -0.2) is 4.79 Å². The summed E-state index contributed by atoms with van der Waals surface area (Å²) in [7, 11) is 0. The standard InChI is InChI=1S/C94H167N27O27S2/c1-15-52(12)73(119-85(140)66(45-124)115-80(135)59(38-47(2)3)110-83(138)64(43-122)116-87(142)69-26-20-34-120(69)90(145)58(30-37-150-14)108-74(129)53(96)22-18-32-102-93(98)99)89(144)112-62(42-71(127)128)82(137)113-63(41-50(8)9)91(146)121-35-21-25-68(121)86(141)107-57(29-36-149-13)78(133)114-65(44-123)84(139)118-72(51(10)11)88(143)111-61(40-49(6)7)79(134)105-55(24-19-33-103-94(100)101)75(130)106-56(27-28-70(97)126)77(132)104-54(23-16-17-31-95)76(131)109-60(39-48(4)5)81(136)117-67(46-125)92(147)148/h47-69,72-73,122-125H,15-46,95-96H2,1-14H3,(H2,97,126)(H,104,132)(H,105,134)(H,106,130)(H,107,141)(H,108,129)(H,109,131)(H,110,138)(H,111,143)(H,112,144)(H,113,137)(H,114,133)(H,115,135)(H,116,142)(H,117,136)(H,118,139)(H,119,140)(H,127,128)(H,147,148)(H4,98,99,102)(H4,100,101,103)/t52-,53-,54-,55-,56-,57-,58-,59-,60-,61-,62-,63-,64-,65-,66-,67-,68-,69-,72-,73-/m0/s1. The van der Waals surface area contributed by atoms with E-state index in [-0.39, 0.29) is 164 Å². The minimum Gasteiger partial charge on any atom is -0.481 e. The highest BCUT2D eigenvalue weighted by Gasteiger charge is 2.46. The van der Waals surface area contributed by atoms with Crippen molar-refractivity contribution >= 4 is 160 Å². The van der Waals surface area contributed by atoms with Crippen LogP contribution >= 0.6 is 23.5 Å². The average Bonchev–Trinajstić information content (AvgIpc) is 1.52. The highest BCUT2D eigenvalue weighted by molar-refractivity contribution is 7.98. The number of nitrogens with zero attached hydrogens (tertiary/aromatic N) is 4. The van der Waals surface area contributed by atoms with Gasteiger partial charge in [-0.3, -0.25) is 106 Å². The minimum atomic E-state index is -1.98. The second-order valence-corrected chi connectivity index (χ2v) is 41.4. The molecule has 2 rings (SSSR count). The van der Waals surface area contributed by atoms with Gasteiger partial charge in [-0.2, -0.15) is 23.5 Å². The van der Waals surface area contributed by atoms with Crippen LogP contribution in [0.25, 0.3) is 0 Å². The second kappa shape index (κ2) is 70.1. The fourth-order valence-corrected chi connectivity index (χ4v) is 17.2. The number of carboxylic acid groups (broad SMARTS) is 2. The monoisotopic (exact) mass is 2170 g/mol. The lowest BCUT2D eigenvalue weighted by Crippen LogP contribution is -2.62. The maximum atomic E-state index is 14.9. The molecule has 0 aromatic heterocycles. The largest absolute Gasteiger partial charge is 0.481 e. The lowest BCUT2D eigenvalue weighted by Gasteiger charge is -2.32. The Morgan fingerprint density at radius 3 is 1.06 bits per heavy atom. The quantitative estimate of drug-likeness (QED) is 0.0153. The molecule has 2 aliphatic rings. The van der Waals surface area contributed by atoms with E-state index in [4.69, 9.17) is 40.1 Å². The Kier molecular flexibility index (Phi) is 62.6. The molecule has 36 N–H and O–H groups in total. The van der Waals surface area contributed by atoms with Gasteiger partial charge in [0.2, 0.25) is 112 Å². The summed E-state index contributed by atoms with van der Waals surface area (Å²) < 4.78 is 0. The highest BCUT2D eigenvalue weighted by Crippen LogP contribution is 2.25. The van der Waals surface area contributed by atoms with Gasteiger partial charge in [-0.15, -0.1) is 0 Å². The summed E-state index contributed by atoms with van der Waals surface area (Å²) in [5, 5.41) is 101. The van der Waals surface area contributed by atoms with E-state index in [1.807, 2.05) is 0 Å². The molecule has 0 spiro atoms. The summed E-state index contributed by atoms with van der Waals surface area (Å²) in [6, 6.07) is -29.1. The van der Waals surface area contributed by atoms with Crippen LogP contribution in [-0.4, -0.2) is 374 Å². The van der Waals surface area contributed by atoms with Crippen LogP contribution in [0.1, 0.15) is 218 Å². The number of aliphatic imine (C=N–C) groups is 2. The number of aliphatic hydroxyl groups is 4. The molecule has 20 atom stereocenters. The maximum absolute atomic E-state index is 14.9. The molecule has 0 aliphatic carbocycles. The van der Waals surface area contributed by atoms with Gasteiger partial charge < -0.3 is 166 Å². The van der Waals surface area contributed by atoms with Gasteiger partial charge in [0.05, 0.1) is 38.9 Å². The number of carbonyl (C=O) groups excluding carboxylic acids is 19. The molecular formula is C94H167N27O27S2. The van der Waals surface area contributed by atoms with E-state index in [2.05, 4.69) is 95.1 Å². The molecule has 54 nitrogen and oxygen atoms in total. The van der Waals surface area contributed by atoms with Gasteiger partial charge in [0, 0.05) is 32.6 Å². The van der Waals surface area contributed by atoms with E-state index in [1.165, 1.54) is 49.2 Å². The lowest BCUT2D eigenvalue weighted by atomic mass is 9.97. The summed E-state index contributed by atoms with van der Waals surface area (Å²) in [6.07, 6.45) is 2.63. The Bertz CT molecular complexity index is 4510. The van der Waals surface area contributed by atoms with Crippen LogP contribution in [0.5, 0.6) is 0 Å². The molecule has 56 heteroatoms. The van der Waals surface area contributed by atoms with E-state index in [1.54, 1.807) is 74.8 Å². The Balaban J connectivity index is 2.45. The fraction of sp³-hybridized carbons (Fsp3) is 0.755. The number of likely N-dealkylation sites (tertiary alicyclic amines) is 2. The van der Waals surface area contributed by atoms with Crippen molar-refractivity contribution in [3.8, 4) is 0 Å². The van der Waals surface area contributed by atoms with E-state index < -0.39 is 302 Å². The van der Waals surface area contributed by atoms with Crippen LogP contribution in [0, 0.1) is 35.5 Å². The molecule has 0 aromatic carbocycles. The van der Waals surface area contributed by atoms with E-state index in [9.17, 15) is 131 Å². The van der Waals surface area contributed by atoms with Gasteiger partial charge in [0.25, 0.3) is 0 Å². The van der Waals surface area contributed by atoms with Crippen LogP contribution in [-0.2, 0) is 101 Å². The summed E-state index contributed by atoms with van der Waals surface area (Å²) in [5.74, 6) is -24.4. The molecule has 0 saturated carbocycles. The maximum Gasteiger partial charge on any atom is 0.328 e. The number of carbonyl (C=O) groups is 21. The predicted molar refractivity (Wildman–Crippen MR) is 556 cm³/mol. The number of guanidine groups is 2. The normalized spacial score (nSPS) is 17.0. The van der Waals surface area contributed by atoms with Crippen molar-refractivity contribution in [1.29, 1.82) is 0 Å². The van der Waals surface area contributed by atoms with Gasteiger partial charge in [-0.1, -0.05) is 89.5 Å². The third-order valence-corrected chi connectivity index (χ3v) is 25.8. The number of hydrogen-bond acceptors (Lipinski definition) is 31. The molecule has 2 heterocycles. The van der Waals surface area contributed by atoms with Crippen LogP contribution in [0.15, 0.2) is 9.98 Å². The highest BCUT2D eigenvalue weighted by atomic mass is 32.2. The number of nitrogens with two attached hydrogens (primary N) is 7. The molecule has 150 heavy (non-hydrogen) atoms. The van der Waals surface area contributed by atoms with E-state index >= 15 is 0 Å². The molecule has 2 saturated heterocycles. The molecule has 2 aliphatic heterocycles. The molecule has 2 fully saturated rings. The Morgan fingerprint density at radius 1 is 0.353 bits per heavy atom. The minimum absolute atomic E-state index is 0.00147. The SMILES string of the molecule is CC[C@H](C)[C@H](NC(=O)[C@H](CO)NC(=O)[C@H](CC(C)C)NC(=O)[C@H](CO)NC(=O)[C@@H]1CCCN1C(=O)[C@H](CCSC)NC(=O)[C@@H](N)CCCN=C(N)N)C(=O)N[C@@H](CC(=O)O)C(=O)N[C@@H](CC(C)C)C(=O)N1CCC[C@H]1C(=O)N[C@@H](CCSC)C(=O)N[C@@H](CO)C(=O)N[C@H](C(=O)N[C@@H](CC(C)C)C(=O)N[C@@H](CCCN=C(N)N)C(=O)N[C@@H](CCC(N)=O)C(=O)N[C@@H](CCCCN)C(=O)N[C@@H](CC(C)C)C(=O)N[C@@H](CO)C(=O)O)C(C)C. The van der Waals surface area contributed by atoms with Crippen LogP contribution in [0.3, 0.4) is 0 Å². The number of amides is 19. The topological polar surface area (TPSA) is 886 Å². The van der Waals surface area contributed by atoms with Crippen LogP contribution in [0.2, 0.25) is 0 Å². The molecule has 852 valence electrons. The first-order valence-corrected chi connectivity index (χ1v) is 53.6. The summed E-state index contributed by atoms with van der Waals surface area (Å²) in [4.78, 5) is 304.